The van der Waals surface area contributed by atoms with Crippen LogP contribution in [0.4, 0.5) is 5.69 Å². The molecule has 0 unspecified atom stereocenters. The molecule has 0 fully saturated rings. The number of benzene rings is 2. The first-order chi connectivity index (χ1) is 14.8. The molecular weight excluding hydrogens is 396 g/mol. The predicted octanol–water partition coefficient (Wildman–Crippen LogP) is 4.05. The molecule has 0 aliphatic heterocycles. The average Bonchev–Trinajstić information content (AvgIpc) is 2.69. The largest absolute Gasteiger partial charge is 0.493 e. The van der Waals surface area contributed by atoms with Crippen molar-refractivity contribution in [1.82, 2.24) is 0 Å². The fraction of sp³-hybridized carbons (Fsp3) is 0.208. The number of allylic oxidation sites excluding steroid dienone is 1. The number of anilines is 1. The molecule has 1 amide bonds. The molecular formula is C24H24N2O5. The van der Waals surface area contributed by atoms with Gasteiger partial charge in [-0.1, -0.05) is 12.1 Å². The number of rotatable bonds is 9. The fourth-order valence-electron chi connectivity index (χ4n) is 3.08. The highest BCUT2D eigenvalue weighted by atomic mass is 16.5. The van der Waals surface area contributed by atoms with Gasteiger partial charge in [0.15, 0.2) is 18.1 Å². The third kappa shape index (κ3) is 6.47. The summed E-state index contributed by atoms with van der Waals surface area (Å²) in [7, 11) is 1.42. The Kier molecular flexibility index (Phi) is 7.98. The van der Waals surface area contributed by atoms with Crippen molar-refractivity contribution in [2.75, 3.05) is 19.0 Å². The van der Waals surface area contributed by atoms with Gasteiger partial charge < -0.3 is 19.9 Å². The number of methoxy groups -OCH3 is 1. The van der Waals surface area contributed by atoms with Crippen LogP contribution in [-0.2, 0) is 16.0 Å². The first-order valence-corrected chi connectivity index (χ1v) is 9.45. The summed E-state index contributed by atoms with van der Waals surface area (Å²) in [5.74, 6) is -1.09. The lowest BCUT2D eigenvalue weighted by Gasteiger charge is -2.15. The molecule has 0 atom stereocenters. The number of carboxylic acids is 1. The molecule has 2 aromatic rings. The summed E-state index contributed by atoms with van der Waals surface area (Å²) in [4.78, 5) is 23.5. The first-order valence-electron chi connectivity index (χ1n) is 9.45. The second-order valence-corrected chi connectivity index (χ2v) is 6.89. The molecule has 0 saturated heterocycles. The van der Waals surface area contributed by atoms with E-state index < -0.39 is 18.5 Å². The van der Waals surface area contributed by atoms with Gasteiger partial charge in [-0.05, 0) is 67.3 Å². The van der Waals surface area contributed by atoms with Crippen molar-refractivity contribution in [2.45, 2.75) is 20.3 Å². The lowest BCUT2D eigenvalue weighted by atomic mass is 10.0. The van der Waals surface area contributed by atoms with Gasteiger partial charge in [-0.2, -0.15) is 5.26 Å². The number of carbonyl (C=O) groups is 2. The zero-order valence-corrected chi connectivity index (χ0v) is 17.7. The topological polar surface area (TPSA) is 109 Å². The van der Waals surface area contributed by atoms with E-state index in [1.165, 1.54) is 13.2 Å². The molecule has 0 aliphatic carbocycles. The number of nitrogens with zero attached hydrogens (tertiary/aromatic N) is 1. The third-order valence-corrected chi connectivity index (χ3v) is 4.23. The molecule has 0 saturated carbocycles. The Hall–Kier alpha value is -4.05. The van der Waals surface area contributed by atoms with Gasteiger partial charge in [0.25, 0.3) is 5.91 Å². The number of hydrogen-bond donors (Lipinski definition) is 2. The van der Waals surface area contributed by atoms with E-state index in [1.807, 2.05) is 38.1 Å². The summed E-state index contributed by atoms with van der Waals surface area (Å²) in [6, 6.07) is 10.8. The van der Waals surface area contributed by atoms with Crippen molar-refractivity contribution in [2.24, 2.45) is 0 Å². The first kappa shape index (κ1) is 23.2. The average molecular weight is 420 g/mol. The van der Waals surface area contributed by atoms with Gasteiger partial charge in [-0.15, -0.1) is 6.58 Å². The van der Waals surface area contributed by atoms with E-state index >= 15 is 0 Å². The molecule has 0 aromatic heterocycles. The molecule has 0 spiro atoms. The van der Waals surface area contributed by atoms with Gasteiger partial charge in [0.1, 0.15) is 11.6 Å². The Balaban J connectivity index is 2.40. The van der Waals surface area contributed by atoms with Gasteiger partial charge in [0.2, 0.25) is 0 Å². The minimum atomic E-state index is -1.12. The Morgan fingerprint density at radius 2 is 1.87 bits per heavy atom. The fourth-order valence-corrected chi connectivity index (χ4v) is 3.08. The van der Waals surface area contributed by atoms with Gasteiger partial charge in [0, 0.05) is 11.3 Å². The van der Waals surface area contributed by atoms with Crippen LogP contribution in [0.15, 0.2) is 48.6 Å². The van der Waals surface area contributed by atoms with Gasteiger partial charge >= 0.3 is 5.97 Å². The van der Waals surface area contributed by atoms with E-state index in [-0.39, 0.29) is 11.3 Å². The highest BCUT2D eigenvalue weighted by Gasteiger charge is 2.16. The van der Waals surface area contributed by atoms with E-state index in [1.54, 1.807) is 18.2 Å². The molecule has 2 aromatic carbocycles. The number of carbonyl (C=O) groups excluding carboxylic acids is 1. The lowest BCUT2D eigenvalue weighted by molar-refractivity contribution is -0.139. The summed E-state index contributed by atoms with van der Waals surface area (Å²) < 4.78 is 10.7. The Bertz CT molecular complexity index is 1060. The number of nitrogens with one attached hydrogen (secondary N) is 1. The van der Waals surface area contributed by atoms with E-state index in [0.717, 1.165) is 11.1 Å². The quantitative estimate of drug-likeness (QED) is 0.360. The monoisotopic (exact) mass is 420 g/mol. The third-order valence-electron chi connectivity index (χ3n) is 4.23. The number of carboxylic acid groups (broad SMARTS) is 1. The van der Waals surface area contributed by atoms with E-state index in [9.17, 15) is 14.9 Å². The maximum Gasteiger partial charge on any atom is 0.341 e. The molecule has 0 bridgehead atoms. The van der Waals surface area contributed by atoms with E-state index in [4.69, 9.17) is 14.6 Å². The van der Waals surface area contributed by atoms with Crippen molar-refractivity contribution < 1.29 is 24.2 Å². The highest BCUT2D eigenvalue weighted by molar-refractivity contribution is 6.09. The maximum absolute atomic E-state index is 12.6. The second kappa shape index (κ2) is 10.6. The minimum Gasteiger partial charge on any atom is -0.493 e. The molecule has 2 rings (SSSR count). The Labute approximate surface area is 181 Å². The number of hydrogen-bond acceptors (Lipinski definition) is 5. The molecule has 7 nitrogen and oxygen atoms in total. The van der Waals surface area contributed by atoms with Crippen LogP contribution in [-0.4, -0.2) is 30.7 Å². The van der Waals surface area contributed by atoms with Gasteiger partial charge in [-0.25, -0.2) is 4.79 Å². The van der Waals surface area contributed by atoms with Crippen LogP contribution in [0.5, 0.6) is 11.5 Å². The Morgan fingerprint density at radius 3 is 2.42 bits per heavy atom. The summed E-state index contributed by atoms with van der Waals surface area (Å²) in [6.07, 6.45) is 3.45. The van der Waals surface area contributed by atoms with Crippen LogP contribution in [0, 0.1) is 25.2 Å². The molecule has 2 N–H and O–H groups in total. The van der Waals surface area contributed by atoms with Crippen LogP contribution in [0.3, 0.4) is 0 Å². The van der Waals surface area contributed by atoms with Crippen molar-refractivity contribution in [3.63, 3.8) is 0 Å². The standard InChI is InChI=1S/C24H24N2O5/c1-5-6-18-10-17(12-21(30-4)23(18)31-14-22(27)28)11-19(13-25)24(29)26-20-8-15(2)7-16(3)9-20/h5,7-12H,1,6,14H2,2-4H3,(H,26,29)(H,27,28)/b19-11-. The molecule has 0 radical (unpaired) electrons. The number of nitriles is 1. The van der Waals surface area contributed by atoms with Gasteiger partial charge in [0.05, 0.1) is 7.11 Å². The lowest BCUT2D eigenvalue weighted by Crippen LogP contribution is -2.14. The molecule has 160 valence electrons. The van der Waals surface area contributed by atoms with E-state index in [2.05, 4.69) is 11.9 Å². The van der Waals surface area contributed by atoms with Crippen LogP contribution in [0.2, 0.25) is 0 Å². The van der Waals surface area contributed by atoms with Crippen molar-refractivity contribution in [3.8, 4) is 17.6 Å². The zero-order valence-electron chi connectivity index (χ0n) is 17.7. The smallest absolute Gasteiger partial charge is 0.341 e. The number of aliphatic carboxylic acids is 1. The van der Waals surface area contributed by atoms with Crippen molar-refractivity contribution >= 4 is 23.6 Å². The molecule has 0 heterocycles. The maximum atomic E-state index is 12.6. The van der Waals surface area contributed by atoms with Gasteiger partial charge in [-0.3, -0.25) is 4.79 Å². The molecule has 7 heteroatoms. The van der Waals surface area contributed by atoms with Crippen LogP contribution in [0.1, 0.15) is 22.3 Å². The zero-order chi connectivity index (χ0) is 23.0. The van der Waals surface area contributed by atoms with Crippen molar-refractivity contribution in [3.05, 3.63) is 70.8 Å². The SMILES string of the molecule is C=CCc1cc(/C=C(/C#N)C(=O)Nc2cc(C)cc(C)c2)cc(OC)c1OCC(=O)O. The number of amides is 1. The van der Waals surface area contributed by atoms with Crippen LogP contribution < -0.4 is 14.8 Å². The van der Waals surface area contributed by atoms with Crippen molar-refractivity contribution in [1.29, 1.82) is 5.26 Å². The number of aryl methyl sites for hydroxylation is 2. The van der Waals surface area contributed by atoms with Crippen LogP contribution >= 0.6 is 0 Å². The summed E-state index contributed by atoms with van der Waals surface area (Å²) >= 11 is 0. The van der Waals surface area contributed by atoms with Crippen LogP contribution in [0.25, 0.3) is 6.08 Å². The normalized spacial score (nSPS) is 10.7. The second-order valence-electron chi connectivity index (χ2n) is 6.89. The molecule has 31 heavy (non-hydrogen) atoms. The van der Waals surface area contributed by atoms with E-state index in [0.29, 0.717) is 29.0 Å². The minimum absolute atomic E-state index is 0.0926. The highest BCUT2D eigenvalue weighted by Crippen LogP contribution is 2.34. The number of ether oxygens (including phenoxy) is 2. The predicted molar refractivity (Wildman–Crippen MR) is 118 cm³/mol. The summed E-state index contributed by atoms with van der Waals surface area (Å²) in [5.41, 5.74) is 3.65. The Morgan fingerprint density at radius 1 is 1.19 bits per heavy atom. The summed E-state index contributed by atoms with van der Waals surface area (Å²) in [6.45, 7) is 7.01. The molecule has 0 aliphatic rings. The summed E-state index contributed by atoms with van der Waals surface area (Å²) in [5, 5.41) is 21.2.